The van der Waals surface area contributed by atoms with Crippen LogP contribution in [0.4, 0.5) is 0 Å². The van der Waals surface area contributed by atoms with Gasteiger partial charge in [0.25, 0.3) is 0 Å². The second-order valence-electron chi connectivity index (χ2n) is 5.40. The molecule has 1 aliphatic rings. The highest BCUT2D eigenvalue weighted by Crippen LogP contribution is 2.44. The van der Waals surface area contributed by atoms with Crippen LogP contribution in [0, 0.1) is 19.3 Å². The highest BCUT2D eigenvalue weighted by Gasteiger charge is 2.41. The van der Waals surface area contributed by atoms with Crippen molar-refractivity contribution < 1.29 is 5.11 Å². The molecule has 5 heteroatoms. The van der Waals surface area contributed by atoms with Gasteiger partial charge in [0.05, 0.1) is 11.4 Å². The molecule has 0 radical (unpaired) electrons. The van der Waals surface area contributed by atoms with Crippen molar-refractivity contribution in [3.8, 4) is 0 Å². The molecule has 0 saturated heterocycles. The summed E-state index contributed by atoms with van der Waals surface area (Å²) in [6, 6.07) is 0. The van der Waals surface area contributed by atoms with Gasteiger partial charge in [0.1, 0.15) is 0 Å². The van der Waals surface area contributed by atoms with E-state index in [1.807, 2.05) is 0 Å². The molecule has 2 aromatic rings. The Labute approximate surface area is 111 Å². The van der Waals surface area contributed by atoms with E-state index in [-0.39, 0.29) is 5.41 Å². The largest absolute Gasteiger partial charge is 0.396 e. The Hall–Kier alpha value is -0.910. The van der Waals surface area contributed by atoms with Crippen molar-refractivity contribution in [3.63, 3.8) is 0 Å². The van der Waals surface area contributed by atoms with E-state index in [1.165, 1.54) is 11.4 Å². The predicted molar refractivity (Wildman–Crippen MR) is 73.0 cm³/mol. The van der Waals surface area contributed by atoms with Crippen molar-refractivity contribution in [2.45, 2.75) is 33.2 Å². The number of imidazole rings is 1. The molecule has 3 rings (SSSR count). The molecule has 1 aliphatic carbocycles. The van der Waals surface area contributed by atoms with Gasteiger partial charge >= 0.3 is 0 Å². The molecule has 2 N–H and O–H groups in total. The Morgan fingerprint density at radius 3 is 2.94 bits per heavy atom. The normalized spacial score (nSPS) is 17.5. The third kappa shape index (κ3) is 1.96. The van der Waals surface area contributed by atoms with E-state index < -0.39 is 0 Å². The van der Waals surface area contributed by atoms with Gasteiger partial charge in [-0.05, 0) is 26.7 Å². The Morgan fingerprint density at radius 2 is 2.28 bits per heavy atom. The number of nitrogens with one attached hydrogen (secondary N) is 1. The molecule has 4 nitrogen and oxygen atoms in total. The van der Waals surface area contributed by atoms with E-state index in [2.05, 4.69) is 33.9 Å². The van der Waals surface area contributed by atoms with Crippen LogP contribution in [-0.2, 0) is 6.54 Å². The number of aromatic nitrogens is 2. The first kappa shape index (κ1) is 12.1. The van der Waals surface area contributed by atoms with Crippen molar-refractivity contribution >= 4 is 16.3 Å². The number of hydrogen-bond donors (Lipinski definition) is 2. The number of aliphatic hydroxyl groups excluding tert-OH is 1. The summed E-state index contributed by atoms with van der Waals surface area (Å²) in [4.78, 5) is 5.65. The Morgan fingerprint density at radius 1 is 1.50 bits per heavy atom. The molecule has 0 bridgehead atoms. The first-order valence-electron chi connectivity index (χ1n) is 6.39. The van der Waals surface area contributed by atoms with Gasteiger partial charge in [-0.2, -0.15) is 0 Å². The Balaban J connectivity index is 1.74. The summed E-state index contributed by atoms with van der Waals surface area (Å²) in [5.74, 6) is 0. The van der Waals surface area contributed by atoms with E-state index >= 15 is 0 Å². The molecule has 0 aromatic carbocycles. The molecule has 18 heavy (non-hydrogen) atoms. The minimum absolute atomic E-state index is 0.168. The van der Waals surface area contributed by atoms with Gasteiger partial charge in [0.15, 0.2) is 4.96 Å². The van der Waals surface area contributed by atoms with Crippen LogP contribution in [0.5, 0.6) is 0 Å². The third-order valence-corrected chi connectivity index (χ3v) is 4.86. The van der Waals surface area contributed by atoms with Gasteiger partial charge in [-0.25, -0.2) is 4.98 Å². The summed E-state index contributed by atoms with van der Waals surface area (Å²) in [5, 5.41) is 14.9. The topological polar surface area (TPSA) is 49.6 Å². The molecule has 0 aliphatic heterocycles. The van der Waals surface area contributed by atoms with E-state index in [4.69, 9.17) is 0 Å². The van der Waals surface area contributed by atoms with Crippen LogP contribution >= 0.6 is 11.3 Å². The molecule has 2 heterocycles. The summed E-state index contributed by atoms with van der Waals surface area (Å²) in [6.45, 7) is 6.21. The summed E-state index contributed by atoms with van der Waals surface area (Å²) >= 11 is 1.69. The van der Waals surface area contributed by atoms with Crippen LogP contribution in [-0.4, -0.2) is 27.6 Å². The monoisotopic (exact) mass is 265 g/mol. The average molecular weight is 265 g/mol. The SMILES string of the molecule is Cc1nc2scc(C)n2c1CNCC1(CO)CC1. The second-order valence-corrected chi connectivity index (χ2v) is 6.24. The molecule has 0 unspecified atom stereocenters. The van der Waals surface area contributed by atoms with Gasteiger partial charge < -0.3 is 10.4 Å². The zero-order valence-electron chi connectivity index (χ0n) is 10.9. The zero-order chi connectivity index (χ0) is 12.8. The van der Waals surface area contributed by atoms with Gasteiger partial charge in [-0.15, -0.1) is 11.3 Å². The standard InChI is InChI=1S/C13H19N3OS/c1-9-6-18-12-15-10(2)11(16(9)12)5-14-7-13(8-17)3-4-13/h6,14,17H,3-5,7-8H2,1-2H3. The zero-order valence-corrected chi connectivity index (χ0v) is 11.7. The lowest BCUT2D eigenvalue weighted by Crippen LogP contribution is -2.26. The van der Waals surface area contributed by atoms with Gasteiger partial charge in [-0.3, -0.25) is 4.40 Å². The molecule has 0 atom stereocenters. The van der Waals surface area contributed by atoms with Crippen molar-refractivity contribution in [1.82, 2.24) is 14.7 Å². The lowest BCUT2D eigenvalue weighted by molar-refractivity contribution is 0.207. The maximum Gasteiger partial charge on any atom is 0.194 e. The number of rotatable bonds is 5. The number of hydrogen-bond acceptors (Lipinski definition) is 4. The first-order valence-corrected chi connectivity index (χ1v) is 7.27. The molecule has 0 amide bonds. The van der Waals surface area contributed by atoms with E-state index in [9.17, 15) is 5.11 Å². The molecular formula is C13H19N3OS. The summed E-state index contributed by atoms with van der Waals surface area (Å²) in [7, 11) is 0. The van der Waals surface area contributed by atoms with E-state index in [0.717, 1.165) is 36.6 Å². The number of fused-ring (bicyclic) bond motifs is 1. The van der Waals surface area contributed by atoms with Crippen molar-refractivity contribution in [2.75, 3.05) is 13.2 Å². The summed E-state index contributed by atoms with van der Waals surface area (Å²) in [5.41, 5.74) is 3.76. The van der Waals surface area contributed by atoms with Crippen molar-refractivity contribution in [2.24, 2.45) is 5.41 Å². The smallest absolute Gasteiger partial charge is 0.194 e. The minimum atomic E-state index is 0.168. The lowest BCUT2D eigenvalue weighted by Gasteiger charge is -2.12. The Bertz CT molecular complexity index is 568. The molecule has 0 spiro atoms. The highest BCUT2D eigenvalue weighted by molar-refractivity contribution is 7.15. The van der Waals surface area contributed by atoms with Gasteiger partial charge in [0, 0.05) is 36.2 Å². The van der Waals surface area contributed by atoms with Crippen molar-refractivity contribution in [3.05, 3.63) is 22.5 Å². The number of nitrogens with zero attached hydrogens (tertiary/aromatic N) is 2. The van der Waals surface area contributed by atoms with E-state index in [0.29, 0.717) is 6.61 Å². The molecule has 1 saturated carbocycles. The summed E-state index contributed by atoms with van der Waals surface area (Å²) < 4.78 is 2.23. The fourth-order valence-corrected chi connectivity index (χ4v) is 3.32. The fourth-order valence-electron chi connectivity index (χ4n) is 2.39. The predicted octanol–water partition coefficient (Wildman–Crippen LogP) is 1.87. The maximum absolute atomic E-state index is 9.30. The quantitative estimate of drug-likeness (QED) is 0.868. The Kier molecular flexibility index (Phi) is 2.92. The maximum atomic E-state index is 9.30. The van der Waals surface area contributed by atoms with Gasteiger partial charge in [-0.1, -0.05) is 0 Å². The van der Waals surface area contributed by atoms with Crippen LogP contribution in [0.1, 0.15) is 29.9 Å². The van der Waals surface area contributed by atoms with Gasteiger partial charge in [0.2, 0.25) is 0 Å². The average Bonchev–Trinajstić information content (AvgIpc) is 2.96. The third-order valence-electron chi connectivity index (χ3n) is 3.91. The highest BCUT2D eigenvalue weighted by atomic mass is 32.1. The number of aliphatic hydroxyl groups is 1. The lowest BCUT2D eigenvalue weighted by atomic mass is 10.1. The number of thiazole rings is 1. The fraction of sp³-hybridized carbons (Fsp3) is 0.615. The second kappa shape index (κ2) is 4.33. The summed E-state index contributed by atoms with van der Waals surface area (Å²) in [6.07, 6.45) is 2.30. The van der Waals surface area contributed by atoms with Crippen LogP contribution in [0.25, 0.3) is 4.96 Å². The molecule has 2 aromatic heterocycles. The molecule has 98 valence electrons. The van der Waals surface area contributed by atoms with Crippen LogP contribution in [0.3, 0.4) is 0 Å². The molecule has 1 fully saturated rings. The van der Waals surface area contributed by atoms with Crippen LogP contribution in [0.2, 0.25) is 0 Å². The van der Waals surface area contributed by atoms with Crippen LogP contribution in [0.15, 0.2) is 5.38 Å². The van der Waals surface area contributed by atoms with E-state index in [1.54, 1.807) is 11.3 Å². The minimum Gasteiger partial charge on any atom is -0.396 e. The first-order chi connectivity index (χ1) is 8.65. The number of aryl methyl sites for hydroxylation is 2. The van der Waals surface area contributed by atoms with Crippen LogP contribution < -0.4 is 5.32 Å². The molecular weight excluding hydrogens is 246 g/mol. The van der Waals surface area contributed by atoms with Crippen molar-refractivity contribution in [1.29, 1.82) is 0 Å².